The van der Waals surface area contributed by atoms with Crippen LogP contribution >= 0.6 is 0 Å². The summed E-state index contributed by atoms with van der Waals surface area (Å²) in [5.74, 6) is 0. The first-order valence-corrected chi connectivity index (χ1v) is 8.07. The van der Waals surface area contributed by atoms with Gasteiger partial charge < -0.3 is 11.1 Å². The molecule has 2 aliphatic rings. The standard InChI is InChI=1S/C16H32N2/c1-15(2)11-7-8-12-16(15,13-17)18-14-9-5-3-4-6-10-14/h14,18H,3-13,17H2,1-2H3. The number of nitrogens with two attached hydrogens (primary N) is 1. The Morgan fingerprint density at radius 2 is 1.56 bits per heavy atom. The van der Waals surface area contributed by atoms with Crippen molar-refractivity contribution in [3.05, 3.63) is 0 Å². The van der Waals surface area contributed by atoms with Crippen molar-refractivity contribution in [1.29, 1.82) is 0 Å². The quantitative estimate of drug-likeness (QED) is 0.753. The lowest BCUT2D eigenvalue weighted by Crippen LogP contribution is -2.64. The van der Waals surface area contributed by atoms with Gasteiger partial charge in [-0.15, -0.1) is 0 Å². The van der Waals surface area contributed by atoms with Crippen LogP contribution in [0.5, 0.6) is 0 Å². The fourth-order valence-corrected chi connectivity index (χ4v) is 4.09. The van der Waals surface area contributed by atoms with E-state index in [1.807, 2.05) is 0 Å². The lowest BCUT2D eigenvalue weighted by atomic mass is 9.62. The minimum Gasteiger partial charge on any atom is -0.329 e. The molecule has 0 spiro atoms. The largest absolute Gasteiger partial charge is 0.329 e. The number of hydrogen-bond donors (Lipinski definition) is 2. The van der Waals surface area contributed by atoms with E-state index in [9.17, 15) is 0 Å². The van der Waals surface area contributed by atoms with Crippen LogP contribution in [0.3, 0.4) is 0 Å². The molecule has 2 saturated carbocycles. The molecule has 18 heavy (non-hydrogen) atoms. The van der Waals surface area contributed by atoms with Crippen molar-refractivity contribution in [3.8, 4) is 0 Å². The van der Waals surface area contributed by atoms with Gasteiger partial charge in [0.1, 0.15) is 0 Å². The second kappa shape index (κ2) is 5.92. The van der Waals surface area contributed by atoms with E-state index in [1.54, 1.807) is 0 Å². The molecule has 0 aromatic rings. The summed E-state index contributed by atoms with van der Waals surface area (Å²) in [6.45, 7) is 5.64. The van der Waals surface area contributed by atoms with Crippen LogP contribution in [0.25, 0.3) is 0 Å². The van der Waals surface area contributed by atoms with Gasteiger partial charge in [0, 0.05) is 18.1 Å². The Kier molecular flexibility index (Phi) is 4.71. The van der Waals surface area contributed by atoms with Crippen molar-refractivity contribution in [3.63, 3.8) is 0 Å². The second-order valence-electron chi connectivity index (χ2n) is 7.21. The highest BCUT2D eigenvalue weighted by Gasteiger charge is 2.46. The highest BCUT2D eigenvalue weighted by atomic mass is 15.1. The topological polar surface area (TPSA) is 38.0 Å². The number of rotatable bonds is 3. The molecule has 0 aromatic heterocycles. The van der Waals surface area contributed by atoms with Crippen LogP contribution in [-0.4, -0.2) is 18.1 Å². The summed E-state index contributed by atoms with van der Waals surface area (Å²) in [5, 5.41) is 4.03. The predicted molar refractivity (Wildman–Crippen MR) is 78.7 cm³/mol. The van der Waals surface area contributed by atoms with Crippen LogP contribution < -0.4 is 11.1 Å². The SMILES string of the molecule is CC1(C)CCCCC1(CN)NC1CCCCCC1. The highest BCUT2D eigenvalue weighted by molar-refractivity contribution is 5.05. The van der Waals surface area contributed by atoms with Gasteiger partial charge in [0.2, 0.25) is 0 Å². The second-order valence-corrected chi connectivity index (χ2v) is 7.21. The molecule has 2 nitrogen and oxygen atoms in total. The monoisotopic (exact) mass is 252 g/mol. The summed E-state index contributed by atoms with van der Waals surface area (Å²) in [4.78, 5) is 0. The normalized spacial score (nSPS) is 34.2. The van der Waals surface area contributed by atoms with E-state index in [-0.39, 0.29) is 5.54 Å². The summed E-state index contributed by atoms with van der Waals surface area (Å²) in [7, 11) is 0. The molecule has 0 aromatic carbocycles. The summed E-state index contributed by atoms with van der Waals surface area (Å²) in [6.07, 6.45) is 13.7. The Morgan fingerprint density at radius 1 is 0.944 bits per heavy atom. The van der Waals surface area contributed by atoms with Crippen molar-refractivity contribution in [2.75, 3.05) is 6.54 Å². The van der Waals surface area contributed by atoms with Gasteiger partial charge in [-0.25, -0.2) is 0 Å². The summed E-state index contributed by atoms with van der Waals surface area (Å²) in [6, 6.07) is 0.716. The lowest BCUT2D eigenvalue weighted by Gasteiger charge is -2.52. The molecule has 2 rings (SSSR count). The van der Waals surface area contributed by atoms with Crippen LogP contribution in [0.15, 0.2) is 0 Å². The molecule has 2 heteroatoms. The van der Waals surface area contributed by atoms with Gasteiger partial charge in [0.15, 0.2) is 0 Å². The van der Waals surface area contributed by atoms with E-state index in [2.05, 4.69) is 19.2 Å². The van der Waals surface area contributed by atoms with Gasteiger partial charge in [-0.3, -0.25) is 0 Å². The molecule has 0 amide bonds. The van der Waals surface area contributed by atoms with Gasteiger partial charge in [-0.1, -0.05) is 52.4 Å². The molecule has 106 valence electrons. The molecule has 0 saturated heterocycles. The molecule has 1 unspecified atom stereocenters. The zero-order valence-electron chi connectivity index (χ0n) is 12.4. The van der Waals surface area contributed by atoms with Crippen LogP contribution in [-0.2, 0) is 0 Å². The molecule has 0 radical (unpaired) electrons. The van der Waals surface area contributed by atoms with E-state index in [1.165, 1.54) is 64.2 Å². The van der Waals surface area contributed by atoms with E-state index >= 15 is 0 Å². The van der Waals surface area contributed by atoms with E-state index < -0.39 is 0 Å². The average Bonchev–Trinajstić information content (AvgIpc) is 2.60. The minimum atomic E-state index is 0.195. The Balaban J connectivity index is 2.06. The van der Waals surface area contributed by atoms with Crippen LogP contribution in [0.2, 0.25) is 0 Å². The molecular weight excluding hydrogens is 220 g/mol. The fourth-order valence-electron chi connectivity index (χ4n) is 4.09. The van der Waals surface area contributed by atoms with E-state index in [0.29, 0.717) is 11.5 Å². The molecule has 0 aliphatic heterocycles. The predicted octanol–water partition coefficient (Wildman–Crippen LogP) is 3.60. The van der Waals surface area contributed by atoms with Crippen LogP contribution in [0, 0.1) is 5.41 Å². The van der Waals surface area contributed by atoms with Crippen molar-refractivity contribution in [2.24, 2.45) is 11.1 Å². The third-order valence-electron chi connectivity index (χ3n) is 5.63. The Bertz CT molecular complexity index is 254. The first kappa shape index (κ1) is 14.3. The first-order chi connectivity index (χ1) is 8.60. The average molecular weight is 252 g/mol. The molecule has 0 heterocycles. The van der Waals surface area contributed by atoms with Gasteiger partial charge >= 0.3 is 0 Å². The van der Waals surface area contributed by atoms with Gasteiger partial charge in [0.05, 0.1) is 0 Å². The van der Waals surface area contributed by atoms with Gasteiger partial charge in [-0.05, 0) is 31.1 Å². The van der Waals surface area contributed by atoms with Crippen molar-refractivity contribution in [1.82, 2.24) is 5.32 Å². The maximum atomic E-state index is 6.21. The fraction of sp³-hybridized carbons (Fsp3) is 1.00. The molecule has 3 N–H and O–H groups in total. The molecule has 0 bridgehead atoms. The summed E-state index contributed by atoms with van der Waals surface area (Å²) in [5.41, 5.74) is 6.76. The number of nitrogens with one attached hydrogen (secondary N) is 1. The first-order valence-electron chi connectivity index (χ1n) is 8.07. The van der Waals surface area contributed by atoms with E-state index in [4.69, 9.17) is 5.73 Å². The van der Waals surface area contributed by atoms with Gasteiger partial charge in [-0.2, -0.15) is 0 Å². The van der Waals surface area contributed by atoms with Crippen molar-refractivity contribution < 1.29 is 0 Å². The Morgan fingerprint density at radius 3 is 2.11 bits per heavy atom. The maximum absolute atomic E-state index is 6.21. The van der Waals surface area contributed by atoms with Gasteiger partial charge in [0.25, 0.3) is 0 Å². The number of hydrogen-bond acceptors (Lipinski definition) is 2. The Hall–Kier alpha value is -0.0800. The summed E-state index contributed by atoms with van der Waals surface area (Å²) < 4.78 is 0. The molecular formula is C16H32N2. The zero-order valence-corrected chi connectivity index (χ0v) is 12.4. The minimum absolute atomic E-state index is 0.195. The maximum Gasteiger partial charge on any atom is 0.0357 e. The molecule has 1 atom stereocenters. The van der Waals surface area contributed by atoms with Crippen molar-refractivity contribution >= 4 is 0 Å². The molecule has 2 fully saturated rings. The van der Waals surface area contributed by atoms with Crippen LogP contribution in [0.4, 0.5) is 0 Å². The smallest absolute Gasteiger partial charge is 0.0357 e. The zero-order chi connectivity index (χ0) is 13.1. The van der Waals surface area contributed by atoms with E-state index in [0.717, 1.165) is 6.54 Å². The summed E-state index contributed by atoms with van der Waals surface area (Å²) >= 11 is 0. The third-order valence-corrected chi connectivity index (χ3v) is 5.63. The van der Waals surface area contributed by atoms with Crippen LogP contribution in [0.1, 0.15) is 78.1 Å². The lowest BCUT2D eigenvalue weighted by molar-refractivity contribution is 0.0553. The third kappa shape index (κ3) is 2.91. The van der Waals surface area contributed by atoms with Crippen molar-refractivity contribution in [2.45, 2.75) is 89.6 Å². The Labute approximate surface area is 113 Å². The molecule has 2 aliphatic carbocycles. The highest BCUT2D eigenvalue weighted by Crippen LogP contribution is 2.44.